The van der Waals surface area contributed by atoms with Gasteiger partial charge in [0.05, 0.1) is 6.54 Å². The molecule has 114 valence electrons. The zero-order chi connectivity index (χ0) is 15.1. The first kappa shape index (κ1) is 16.0. The van der Waals surface area contributed by atoms with Crippen LogP contribution in [0.4, 0.5) is 4.79 Å². The minimum absolute atomic E-state index is 0.0932. The summed E-state index contributed by atoms with van der Waals surface area (Å²) in [5, 5.41) is 3.82. The monoisotopic (exact) mass is 352 g/mol. The average molecular weight is 353 g/mol. The van der Waals surface area contributed by atoms with Crippen molar-refractivity contribution in [1.29, 1.82) is 0 Å². The van der Waals surface area contributed by atoms with Crippen molar-refractivity contribution in [1.82, 2.24) is 10.2 Å². The lowest BCUT2D eigenvalue weighted by Gasteiger charge is -2.13. The molecule has 1 saturated heterocycles. The number of benzene rings is 1. The Bertz CT molecular complexity index is 478. The van der Waals surface area contributed by atoms with Crippen molar-refractivity contribution in [2.75, 3.05) is 5.33 Å². The zero-order valence-corrected chi connectivity index (χ0v) is 13.6. The van der Waals surface area contributed by atoms with Gasteiger partial charge in [0.1, 0.15) is 6.04 Å². The van der Waals surface area contributed by atoms with E-state index in [4.69, 9.17) is 0 Å². The Balaban J connectivity index is 1.82. The number of urea groups is 1. The third kappa shape index (κ3) is 4.56. The Hall–Kier alpha value is -1.36. The predicted molar refractivity (Wildman–Crippen MR) is 86.2 cm³/mol. The highest BCUT2D eigenvalue weighted by molar-refractivity contribution is 9.09. The van der Waals surface area contributed by atoms with Crippen LogP contribution in [0.3, 0.4) is 0 Å². The Kier molecular flexibility index (Phi) is 6.23. The summed E-state index contributed by atoms with van der Waals surface area (Å²) < 4.78 is 0. The van der Waals surface area contributed by atoms with Crippen LogP contribution in [-0.4, -0.2) is 28.2 Å². The molecule has 3 amide bonds. The summed E-state index contributed by atoms with van der Waals surface area (Å²) in [5.41, 5.74) is 0.971. The van der Waals surface area contributed by atoms with Crippen LogP contribution in [0.1, 0.15) is 37.7 Å². The number of rotatable bonds is 8. The van der Waals surface area contributed by atoms with Crippen molar-refractivity contribution < 1.29 is 9.59 Å². The van der Waals surface area contributed by atoms with Crippen LogP contribution < -0.4 is 5.32 Å². The van der Waals surface area contributed by atoms with Crippen molar-refractivity contribution in [3.8, 4) is 0 Å². The molecule has 5 heteroatoms. The van der Waals surface area contributed by atoms with E-state index < -0.39 is 0 Å². The Labute approximate surface area is 134 Å². The highest BCUT2D eigenvalue weighted by Crippen LogP contribution is 2.16. The second-order valence-electron chi connectivity index (χ2n) is 5.30. The average Bonchev–Trinajstić information content (AvgIpc) is 2.76. The first-order valence-corrected chi connectivity index (χ1v) is 8.56. The number of hydrogen-bond acceptors (Lipinski definition) is 2. The van der Waals surface area contributed by atoms with Gasteiger partial charge in [-0.2, -0.15) is 0 Å². The lowest BCUT2D eigenvalue weighted by Crippen LogP contribution is -2.30. The molecule has 1 aliphatic heterocycles. The third-order valence-corrected chi connectivity index (χ3v) is 4.23. The van der Waals surface area contributed by atoms with Crippen molar-refractivity contribution in [2.24, 2.45) is 0 Å². The molecule has 4 nitrogen and oxygen atoms in total. The number of unbranched alkanes of at least 4 members (excludes halogenated alkanes) is 3. The standard InChI is InChI=1S/C16H21BrN2O2/c17-11-7-2-1-6-10-14-15(20)19(16(21)18-14)12-13-8-4-3-5-9-13/h3-5,8-9,14H,1-2,6-7,10-12H2,(H,18,21). The van der Waals surface area contributed by atoms with Gasteiger partial charge in [-0.25, -0.2) is 4.79 Å². The van der Waals surface area contributed by atoms with E-state index in [1.807, 2.05) is 30.3 Å². The smallest absolute Gasteiger partial charge is 0.325 e. The summed E-state index contributed by atoms with van der Waals surface area (Å²) in [6.07, 6.45) is 5.13. The van der Waals surface area contributed by atoms with E-state index in [1.165, 1.54) is 4.90 Å². The molecule has 1 aromatic carbocycles. The fourth-order valence-corrected chi connectivity index (χ4v) is 2.88. The first-order chi connectivity index (χ1) is 10.2. The van der Waals surface area contributed by atoms with Gasteiger partial charge in [0, 0.05) is 5.33 Å². The number of carbonyl (C=O) groups excluding carboxylic acids is 2. The quantitative estimate of drug-likeness (QED) is 0.442. The second kappa shape index (κ2) is 8.17. The summed E-state index contributed by atoms with van der Waals surface area (Å²) in [6.45, 7) is 0.353. The lowest BCUT2D eigenvalue weighted by molar-refractivity contribution is -0.128. The fraction of sp³-hybridized carbons (Fsp3) is 0.500. The highest BCUT2D eigenvalue weighted by atomic mass is 79.9. The number of halogens is 1. The number of hydrogen-bond donors (Lipinski definition) is 1. The van der Waals surface area contributed by atoms with Crippen LogP contribution >= 0.6 is 15.9 Å². The van der Waals surface area contributed by atoms with Gasteiger partial charge >= 0.3 is 6.03 Å². The van der Waals surface area contributed by atoms with Crippen molar-refractivity contribution in [3.05, 3.63) is 35.9 Å². The molecule has 0 aliphatic carbocycles. The van der Waals surface area contributed by atoms with Gasteiger partial charge in [-0.3, -0.25) is 9.69 Å². The first-order valence-electron chi connectivity index (χ1n) is 7.44. The van der Waals surface area contributed by atoms with Gasteiger partial charge in [0.15, 0.2) is 0 Å². The van der Waals surface area contributed by atoms with E-state index >= 15 is 0 Å². The molecule has 21 heavy (non-hydrogen) atoms. The number of nitrogens with one attached hydrogen (secondary N) is 1. The second-order valence-corrected chi connectivity index (χ2v) is 6.10. The predicted octanol–water partition coefficient (Wildman–Crippen LogP) is 3.45. The maximum Gasteiger partial charge on any atom is 0.325 e. The van der Waals surface area contributed by atoms with Gasteiger partial charge < -0.3 is 5.32 Å². The zero-order valence-electron chi connectivity index (χ0n) is 12.1. The molecule has 1 heterocycles. The summed E-state index contributed by atoms with van der Waals surface area (Å²) in [5.74, 6) is -0.0932. The largest absolute Gasteiger partial charge is 0.326 e. The number of amides is 3. The van der Waals surface area contributed by atoms with Gasteiger partial charge in [-0.05, 0) is 18.4 Å². The van der Waals surface area contributed by atoms with Gasteiger partial charge in [0.2, 0.25) is 0 Å². The van der Waals surface area contributed by atoms with Crippen LogP contribution in [0, 0.1) is 0 Å². The SMILES string of the molecule is O=C1NC(CCCCCCBr)C(=O)N1Cc1ccccc1. The minimum Gasteiger partial charge on any atom is -0.326 e. The van der Waals surface area contributed by atoms with Gasteiger partial charge in [-0.1, -0.05) is 65.5 Å². The number of carbonyl (C=O) groups is 2. The van der Waals surface area contributed by atoms with Crippen molar-refractivity contribution >= 4 is 27.9 Å². The topological polar surface area (TPSA) is 49.4 Å². The molecule has 1 aromatic rings. The van der Waals surface area contributed by atoms with E-state index in [0.29, 0.717) is 6.54 Å². The van der Waals surface area contributed by atoms with E-state index in [0.717, 1.165) is 43.0 Å². The molecule has 1 aliphatic rings. The van der Waals surface area contributed by atoms with Crippen LogP contribution in [-0.2, 0) is 11.3 Å². The molecule has 0 saturated carbocycles. The van der Waals surface area contributed by atoms with Crippen LogP contribution in [0.25, 0.3) is 0 Å². The molecular formula is C16H21BrN2O2. The molecule has 1 unspecified atom stereocenters. The van der Waals surface area contributed by atoms with Crippen LogP contribution in [0.5, 0.6) is 0 Å². The van der Waals surface area contributed by atoms with Gasteiger partial charge in [-0.15, -0.1) is 0 Å². The van der Waals surface area contributed by atoms with Crippen molar-refractivity contribution in [3.63, 3.8) is 0 Å². The molecule has 0 bridgehead atoms. The summed E-state index contributed by atoms with van der Waals surface area (Å²) in [4.78, 5) is 25.5. The normalized spacial score (nSPS) is 18.1. The molecule has 1 atom stereocenters. The fourth-order valence-electron chi connectivity index (χ4n) is 2.48. The molecule has 0 spiro atoms. The lowest BCUT2D eigenvalue weighted by atomic mass is 10.1. The number of alkyl halides is 1. The summed E-state index contributed by atoms with van der Waals surface area (Å²) >= 11 is 3.41. The maximum atomic E-state index is 12.3. The summed E-state index contributed by atoms with van der Waals surface area (Å²) in [7, 11) is 0. The van der Waals surface area contributed by atoms with Crippen LogP contribution in [0.2, 0.25) is 0 Å². The Morgan fingerprint density at radius 2 is 1.76 bits per heavy atom. The molecule has 1 N–H and O–H groups in total. The Morgan fingerprint density at radius 3 is 2.48 bits per heavy atom. The molecular weight excluding hydrogens is 332 g/mol. The molecule has 1 fully saturated rings. The minimum atomic E-state index is -0.342. The molecule has 2 rings (SSSR count). The van der Waals surface area contributed by atoms with E-state index in [-0.39, 0.29) is 18.0 Å². The van der Waals surface area contributed by atoms with E-state index in [1.54, 1.807) is 0 Å². The van der Waals surface area contributed by atoms with E-state index in [9.17, 15) is 9.59 Å². The third-order valence-electron chi connectivity index (χ3n) is 3.67. The highest BCUT2D eigenvalue weighted by Gasteiger charge is 2.37. The molecule has 0 aromatic heterocycles. The van der Waals surface area contributed by atoms with E-state index in [2.05, 4.69) is 21.2 Å². The van der Waals surface area contributed by atoms with Crippen LogP contribution in [0.15, 0.2) is 30.3 Å². The van der Waals surface area contributed by atoms with Crippen molar-refractivity contribution in [2.45, 2.75) is 44.7 Å². The number of nitrogens with zero attached hydrogens (tertiary/aromatic N) is 1. The molecule has 0 radical (unpaired) electrons. The van der Waals surface area contributed by atoms with Gasteiger partial charge in [0.25, 0.3) is 5.91 Å². The summed E-state index contributed by atoms with van der Waals surface area (Å²) in [6, 6.07) is 8.98. The number of imide groups is 1. The maximum absolute atomic E-state index is 12.3. The Morgan fingerprint density at radius 1 is 1.05 bits per heavy atom.